The highest BCUT2D eigenvalue weighted by Crippen LogP contribution is 2.37. The van der Waals surface area contributed by atoms with Gasteiger partial charge in [-0.15, -0.1) is 0 Å². The van der Waals surface area contributed by atoms with Crippen LogP contribution in [-0.2, 0) is 17.7 Å². The van der Waals surface area contributed by atoms with Gasteiger partial charge in [-0.25, -0.2) is 4.98 Å². The number of hydrogen-bond acceptors (Lipinski definition) is 4. The number of likely N-dealkylation sites (tertiary alicyclic amines) is 1. The van der Waals surface area contributed by atoms with E-state index in [0.717, 1.165) is 50.4 Å². The molecule has 4 nitrogen and oxygen atoms in total. The largest absolute Gasteiger partial charge is 0.362 e. The van der Waals surface area contributed by atoms with E-state index in [2.05, 4.69) is 64.5 Å². The first-order valence-electron chi connectivity index (χ1n) is 10.2. The number of rotatable bonds is 3. The summed E-state index contributed by atoms with van der Waals surface area (Å²) in [6.07, 6.45) is 3.41. The zero-order valence-electron chi connectivity index (χ0n) is 16.6. The Kier molecular flexibility index (Phi) is 4.83. The Labute approximate surface area is 170 Å². The molecule has 3 aromatic rings. The molecule has 0 amide bonds. The Morgan fingerprint density at radius 1 is 1.11 bits per heavy atom. The van der Waals surface area contributed by atoms with Crippen LogP contribution < -0.4 is 0 Å². The molecule has 1 saturated heterocycles. The molecule has 0 bridgehead atoms. The van der Waals surface area contributed by atoms with Crippen molar-refractivity contribution in [2.45, 2.75) is 44.9 Å². The van der Waals surface area contributed by atoms with Gasteiger partial charge in [0.2, 0.25) is 0 Å². The van der Waals surface area contributed by atoms with E-state index < -0.39 is 0 Å². The number of piperidine rings is 1. The third-order valence-corrected chi connectivity index (χ3v) is 6.90. The zero-order valence-corrected chi connectivity index (χ0v) is 17.4. The first-order valence-corrected chi connectivity index (χ1v) is 11.2. The lowest BCUT2D eigenvalue weighted by atomic mass is 10.00. The monoisotopic (exact) mass is 393 g/mol. The summed E-state index contributed by atoms with van der Waals surface area (Å²) < 4.78 is 9.19. The molecular formula is C23H27N3OS. The molecule has 5 heteroatoms. The maximum atomic E-state index is 6.79. The molecule has 0 spiro atoms. The summed E-state index contributed by atoms with van der Waals surface area (Å²) in [5.74, 6) is 1.07. The molecule has 1 unspecified atom stereocenters. The Hall–Kier alpha value is -1.95. The fraction of sp³-hybridized carbons (Fsp3) is 0.435. The van der Waals surface area contributed by atoms with Crippen LogP contribution in [0.5, 0.6) is 0 Å². The minimum absolute atomic E-state index is 0.0850. The molecular weight excluding hydrogens is 366 g/mol. The van der Waals surface area contributed by atoms with E-state index >= 15 is 0 Å². The van der Waals surface area contributed by atoms with E-state index in [1.807, 2.05) is 0 Å². The summed E-state index contributed by atoms with van der Waals surface area (Å²) in [5, 5.41) is 4.32. The van der Waals surface area contributed by atoms with Gasteiger partial charge in [0.15, 0.2) is 0 Å². The van der Waals surface area contributed by atoms with Gasteiger partial charge < -0.3 is 14.2 Å². The van der Waals surface area contributed by atoms with Crippen LogP contribution >= 0.6 is 11.3 Å². The van der Waals surface area contributed by atoms with Gasteiger partial charge in [0, 0.05) is 36.3 Å². The molecule has 2 aliphatic rings. The summed E-state index contributed by atoms with van der Waals surface area (Å²) in [7, 11) is 2.19. The molecule has 2 aliphatic heterocycles. The van der Waals surface area contributed by atoms with Gasteiger partial charge in [-0.05, 0) is 55.8 Å². The quantitative estimate of drug-likeness (QED) is 0.647. The number of nitrogens with zero attached hydrogens (tertiary/aromatic N) is 3. The lowest BCUT2D eigenvalue weighted by molar-refractivity contribution is -0.0276. The van der Waals surface area contributed by atoms with Crippen molar-refractivity contribution >= 4 is 11.3 Å². The topological polar surface area (TPSA) is 30.3 Å². The molecule has 0 saturated carbocycles. The number of aromatic nitrogens is 2. The summed E-state index contributed by atoms with van der Waals surface area (Å²) in [5.41, 5.74) is 6.25. The van der Waals surface area contributed by atoms with E-state index in [9.17, 15) is 0 Å². The lowest BCUT2D eigenvalue weighted by Crippen LogP contribution is -2.35. The Balaban J connectivity index is 1.57. The van der Waals surface area contributed by atoms with E-state index in [0.29, 0.717) is 6.10 Å². The van der Waals surface area contributed by atoms with Crippen LogP contribution in [0.25, 0.3) is 11.3 Å². The summed E-state index contributed by atoms with van der Waals surface area (Å²) in [6.45, 7) is 5.37. The van der Waals surface area contributed by atoms with Crippen molar-refractivity contribution in [3.05, 3.63) is 63.7 Å². The van der Waals surface area contributed by atoms with Crippen molar-refractivity contribution in [2.75, 3.05) is 20.1 Å². The van der Waals surface area contributed by atoms with Gasteiger partial charge in [-0.1, -0.05) is 24.3 Å². The minimum Gasteiger partial charge on any atom is -0.362 e. The fourth-order valence-electron chi connectivity index (χ4n) is 4.55. The molecule has 0 radical (unpaired) electrons. The number of imidazole rings is 1. The first-order chi connectivity index (χ1) is 13.7. The standard InChI is InChI=1S/C23H27N3OS/c1-16-21(18-10-14-28-15-18)24-23-22(27-19-8-11-25(2)12-9-19)20-6-4-3-5-17(20)7-13-26(16)23/h3-6,10,14-15,19,22H,7-9,11-13H2,1-2H3. The number of aryl methyl sites for hydroxylation is 1. The maximum Gasteiger partial charge on any atom is 0.143 e. The van der Waals surface area contributed by atoms with Gasteiger partial charge in [0.1, 0.15) is 11.9 Å². The predicted octanol–water partition coefficient (Wildman–Crippen LogP) is 4.68. The average molecular weight is 394 g/mol. The molecule has 4 heterocycles. The average Bonchev–Trinajstić information content (AvgIpc) is 3.31. The Bertz CT molecular complexity index is 954. The normalized spacial score (nSPS) is 20.6. The number of ether oxygens (including phenoxy) is 1. The predicted molar refractivity (Wildman–Crippen MR) is 114 cm³/mol. The molecule has 2 aromatic heterocycles. The molecule has 146 valence electrons. The number of fused-ring (bicyclic) bond motifs is 2. The molecule has 0 N–H and O–H groups in total. The van der Waals surface area contributed by atoms with Crippen molar-refractivity contribution in [3.8, 4) is 11.3 Å². The second kappa shape index (κ2) is 7.47. The second-order valence-corrected chi connectivity index (χ2v) is 8.82. The Morgan fingerprint density at radius 3 is 2.71 bits per heavy atom. The first kappa shape index (κ1) is 18.1. The van der Waals surface area contributed by atoms with E-state index in [4.69, 9.17) is 9.72 Å². The van der Waals surface area contributed by atoms with Crippen LogP contribution in [0.15, 0.2) is 41.1 Å². The van der Waals surface area contributed by atoms with Crippen LogP contribution in [0.3, 0.4) is 0 Å². The fourth-order valence-corrected chi connectivity index (χ4v) is 5.19. The Morgan fingerprint density at radius 2 is 1.93 bits per heavy atom. The van der Waals surface area contributed by atoms with Gasteiger partial charge in [-0.3, -0.25) is 0 Å². The molecule has 1 fully saturated rings. The zero-order chi connectivity index (χ0) is 19.1. The molecule has 0 aliphatic carbocycles. The van der Waals surface area contributed by atoms with Crippen LogP contribution in [-0.4, -0.2) is 40.7 Å². The third-order valence-electron chi connectivity index (χ3n) is 6.22. The molecule has 5 rings (SSSR count). The molecule has 28 heavy (non-hydrogen) atoms. The van der Waals surface area contributed by atoms with Gasteiger partial charge in [0.05, 0.1) is 11.8 Å². The van der Waals surface area contributed by atoms with Crippen LogP contribution in [0, 0.1) is 6.92 Å². The van der Waals surface area contributed by atoms with Crippen molar-refractivity contribution in [1.82, 2.24) is 14.5 Å². The lowest BCUT2D eigenvalue weighted by Gasteiger charge is -2.32. The van der Waals surface area contributed by atoms with E-state index in [1.165, 1.54) is 22.4 Å². The van der Waals surface area contributed by atoms with Crippen molar-refractivity contribution in [3.63, 3.8) is 0 Å². The van der Waals surface area contributed by atoms with Crippen LogP contribution in [0.2, 0.25) is 0 Å². The summed E-state index contributed by atoms with van der Waals surface area (Å²) in [4.78, 5) is 7.54. The van der Waals surface area contributed by atoms with Gasteiger partial charge >= 0.3 is 0 Å². The highest BCUT2D eigenvalue weighted by molar-refractivity contribution is 7.08. The van der Waals surface area contributed by atoms with Crippen molar-refractivity contribution < 1.29 is 4.74 Å². The molecule has 1 atom stereocenters. The SMILES string of the molecule is Cc1c(-c2ccsc2)nc2n1CCc1ccccc1C2OC1CCN(C)CC1. The minimum atomic E-state index is -0.0850. The highest BCUT2D eigenvalue weighted by Gasteiger charge is 2.32. The summed E-state index contributed by atoms with van der Waals surface area (Å²) in [6, 6.07) is 10.9. The number of hydrogen-bond donors (Lipinski definition) is 0. The van der Waals surface area contributed by atoms with Crippen LogP contribution in [0.4, 0.5) is 0 Å². The smallest absolute Gasteiger partial charge is 0.143 e. The van der Waals surface area contributed by atoms with Crippen molar-refractivity contribution in [1.29, 1.82) is 0 Å². The van der Waals surface area contributed by atoms with E-state index in [1.54, 1.807) is 11.3 Å². The van der Waals surface area contributed by atoms with E-state index in [-0.39, 0.29) is 6.10 Å². The second-order valence-electron chi connectivity index (χ2n) is 8.04. The molecule has 1 aromatic carbocycles. The third kappa shape index (κ3) is 3.21. The van der Waals surface area contributed by atoms with Gasteiger partial charge in [-0.2, -0.15) is 11.3 Å². The number of thiophene rings is 1. The van der Waals surface area contributed by atoms with Gasteiger partial charge in [0.25, 0.3) is 0 Å². The highest BCUT2D eigenvalue weighted by atomic mass is 32.1. The van der Waals surface area contributed by atoms with Crippen molar-refractivity contribution in [2.24, 2.45) is 0 Å². The maximum absolute atomic E-state index is 6.79. The number of benzene rings is 1. The van der Waals surface area contributed by atoms with Crippen LogP contribution in [0.1, 0.15) is 41.6 Å². The summed E-state index contributed by atoms with van der Waals surface area (Å²) >= 11 is 1.73.